The van der Waals surface area contributed by atoms with E-state index >= 15 is 0 Å². The molecule has 0 bridgehead atoms. The molecule has 0 saturated heterocycles. The predicted molar refractivity (Wildman–Crippen MR) is 69.6 cm³/mol. The second-order valence-corrected chi connectivity index (χ2v) is 4.78. The van der Waals surface area contributed by atoms with Gasteiger partial charge in [-0.1, -0.05) is 0 Å². The monoisotopic (exact) mass is 264 g/mol. The van der Waals surface area contributed by atoms with Gasteiger partial charge in [0, 0.05) is 4.88 Å². The first-order valence-corrected chi connectivity index (χ1v) is 6.23. The number of thiophene rings is 1. The van der Waals surface area contributed by atoms with Crippen LogP contribution in [0.2, 0.25) is 0 Å². The van der Waals surface area contributed by atoms with Crippen molar-refractivity contribution in [2.45, 2.75) is 19.8 Å². The molecule has 6 nitrogen and oxygen atoms in total. The molecule has 0 unspecified atom stereocenters. The molecule has 2 amide bonds. The second kappa shape index (κ2) is 5.54. The van der Waals surface area contributed by atoms with Gasteiger partial charge >= 0.3 is 0 Å². The van der Waals surface area contributed by atoms with E-state index in [-0.39, 0.29) is 24.7 Å². The van der Waals surface area contributed by atoms with Gasteiger partial charge in [0.25, 0.3) is 0 Å². The van der Waals surface area contributed by atoms with Gasteiger partial charge in [-0.05, 0) is 23.9 Å². The minimum atomic E-state index is -0.282. The number of nitrogens with zero attached hydrogens (tertiary/aromatic N) is 2. The van der Waals surface area contributed by atoms with Gasteiger partial charge < -0.3 is 0 Å². The van der Waals surface area contributed by atoms with E-state index in [1.54, 1.807) is 17.6 Å². The van der Waals surface area contributed by atoms with Crippen molar-refractivity contribution in [2.75, 3.05) is 0 Å². The number of carbonyl (C=O) groups excluding carboxylic acids is 2. The molecule has 0 aliphatic carbocycles. The molecule has 1 aromatic rings. The van der Waals surface area contributed by atoms with Crippen LogP contribution in [-0.4, -0.2) is 23.7 Å². The van der Waals surface area contributed by atoms with Crippen LogP contribution in [0.25, 0.3) is 0 Å². The fourth-order valence-corrected chi connectivity index (χ4v) is 2.20. The van der Waals surface area contributed by atoms with Gasteiger partial charge in [0.2, 0.25) is 11.8 Å². The van der Waals surface area contributed by atoms with E-state index in [0.717, 1.165) is 10.4 Å². The van der Waals surface area contributed by atoms with Crippen molar-refractivity contribution in [1.29, 1.82) is 0 Å². The first-order valence-electron chi connectivity index (χ1n) is 5.35. The van der Waals surface area contributed by atoms with Crippen molar-refractivity contribution < 1.29 is 9.59 Å². The van der Waals surface area contributed by atoms with Crippen LogP contribution in [-0.2, 0) is 9.59 Å². The average molecular weight is 264 g/mol. The van der Waals surface area contributed by atoms with E-state index in [2.05, 4.69) is 21.1 Å². The van der Waals surface area contributed by atoms with Crippen molar-refractivity contribution in [2.24, 2.45) is 10.2 Å². The minimum absolute atomic E-state index is 0.0828. The summed E-state index contributed by atoms with van der Waals surface area (Å²) in [6, 6.07) is 1.98. The molecule has 0 spiro atoms. The number of hydrogen-bond acceptors (Lipinski definition) is 5. The van der Waals surface area contributed by atoms with Gasteiger partial charge in [0.05, 0.1) is 24.8 Å². The van der Waals surface area contributed by atoms with E-state index in [0.29, 0.717) is 5.71 Å². The summed E-state index contributed by atoms with van der Waals surface area (Å²) in [7, 11) is 0. The number of amides is 2. The lowest BCUT2D eigenvalue weighted by Gasteiger charge is -1.97. The van der Waals surface area contributed by atoms with Crippen molar-refractivity contribution in [3.63, 3.8) is 0 Å². The van der Waals surface area contributed by atoms with E-state index in [1.165, 1.54) is 0 Å². The molecule has 94 valence electrons. The van der Waals surface area contributed by atoms with Gasteiger partial charge in [-0.3, -0.25) is 9.59 Å². The molecule has 2 heterocycles. The SMILES string of the molecule is Cc1ccsc1/C=N\NC(=O)CC1=NNC(=O)C1. The molecular formula is C11H12N4O2S. The number of nitrogens with one attached hydrogen (secondary N) is 2. The molecule has 1 aliphatic heterocycles. The number of hydrazone groups is 2. The highest BCUT2D eigenvalue weighted by molar-refractivity contribution is 7.11. The molecule has 7 heteroatoms. The Morgan fingerprint density at radius 2 is 2.56 bits per heavy atom. The zero-order valence-corrected chi connectivity index (χ0v) is 10.6. The number of hydrogen-bond donors (Lipinski definition) is 2. The first kappa shape index (κ1) is 12.4. The van der Waals surface area contributed by atoms with Crippen LogP contribution in [0.15, 0.2) is 21.6 Å². The van der Waals surface area contributed by atoms with Crippen LogP contribution in [0.4, 0.5) is 0 Å². The standard InChI is InChI=1S/C11H12N4O2S/c1-7-2-3-18-9(7)6-12-14-10(16)4-8-5-11(17)15-13-8/h2-3,6H,4-5H2,1H3,(H,14,16)(H,15,17)/b12-6-. The summed E-state index contributed by atoms with van der Waals surface area (Å²) in [4.78, 5) is 23.3. The average Bonchev–Trinajstić information content (AvgIpc) is 2.89. The molecule has 2 N–H and O–H groups in total. The summed E-state index contributed by atoms with van der Waals surface area (Å²) >= 11 is 1.56. The lowest BCUT2D eigenvalue weighted by atomic mass is 10.2. The van der Waals surface area contributed by atoms with Crippen LogP contribution >= 0.6 is 11.3 Å². The zero-order valence-electron chi connectivity index (χ0n) is 9.77. The van der Waals surface area contributed by atoms with Crippen molar-refractivity contribution in [1.82, 2.24) is 10.9 Å². The highest BCUT2D eigenvalue weighted by atomic mass is 32.1. The van der Waals surface area contributed by atoms with E-state index < -0.39 is 0 Å². The molecule has 0 saturated carbocycles. The van der Waals surface area contributed by atoms with Crippen molar-refractivity contribution in [3.05, 3.63) is 21.9 Å². The normalized spacial score (nSPS) is 14.7. The highest BCUT2D eigenvalue weighted by Gasteiger charge is 2.16. The van der Waals surface area contributed by atoms with Crippen molar-refractivity contribution in [3.8, 4) is 0 Å². The summed E-state index contributed by atoms with van der Waals surface area (Å²) in [6.45, 7) is 1.98. The molecule has 0 fully saturated rings. The van der Waals surface area contributed by atoms with Gasteiger partial charge in [-0.25, -0.2) is 10.9 Å². The molecule has 0 aromatic carbocycles. The quantitative estimate of drug-likeness (QED) is 0.622. The summed E-state index contributed by atoms with van der Waals surface area (Å²) in [5.74, 6) is -0.466. The molecule has 1 aliphatic rings. The topological polar surface area (TPSA) is 82.9 Å². The lowest BCUT2D eigenvalue weighted by Crippen LogP contribution is -2.20. The fraction of sp³-hybridized carbons (Fsp3) is 0.273. The van der Waals surface area contributed by atoms with Gasteiger partial charge in [-0.15, -0.1) is 11.3 Å². The Balaban J connectivity index is 1.80. The Bertz CT molecular complexity index is 533. The predicted octanol–water partition coefficient (Wildman–Crippen LogP) is 0.773. The molecule has 2 rings (SSSR count). The number of rotatable bonds is 4. The third kappa shape index (κ3) is 3.24. The summed E-state index contributed by atoms with van der Waals surface area (Å²) in [5.41, 5.74) is 6.35. The molecule has 0 radical (unpaired) electrons. The maximum Gasteiger partial charge on any atom is 0.245 e. The zero-order chi connectivity index (χ0) is 13.0. The van der Waals surface area contributed by atoms with Crippen LogP contribution in [0, 0.1) is 6.92 Å². The summed E-state index contributed by atoms with van der Waals surface area (Å²) in [5, 5.41) is 9.56. The Morgan fingerprint density at radius 3 is 3.17 bits per heavy atom. The minimum Gasteiger partial charge on any atom is -0.273 e. The largest absolute Gasteiger partial charge is 0.273 e. The summed E-state index contributed by atoms with van der Waals surface area (Å²) in [6.07, 6.45) is 1.87. The number of carbonyl (C=O) groups is 2. The van der Waals surface area contributed by atoms with Crippen LogP contribution in [0.3, 0.4) is 0 Å². The van der Waals surface area contributed by atoms with Crippen LogP contribution < -0.4 is 10.9 Å². The third-order valence-corrected chi connectivity index (χ3v) is 3.29. The van der Waals surface area contributed by atoms with Gasteiger partial charge in [0.1, 0.15) is 0 Å². The Hall–Kier alpha value is -2.02. The Morgan fingerprint density at radius 1 is 1.72 bits per heavy atom. The number of aryl methyl sites for hydroxylation is 1. The Kier molecular flexibility index (Phi) is 3.83. The molecular weight excluding hydrogens is 252 g/mol. The van der Waals surface area contributed by atoms with Gasteiger partial charge in [0.15, 0.2) is 0 Å². The maximum absolute atomic E-state index is 11.5. The van der Waals surface area contributed by atoms with Crippen LogP contribution in [0.1, 0.15) is 23.3 Å². The van der Waals surface area contributed by atoms with E-state index in [4.69, 9.17) is 0 Å². The highest BCUT2D eigenvalue weighted by Crippen LogP contribution is 2.12. The Labute approximate surface area is 108 Å². The van der Waals surface area contributed by atoms with Gasteiger partial charge in [-0.2, -0.15) is 10.2 Å². The van der Waals surface area contributed by atoms with E-state index in [9.17, 15) is 9.59 Å². The summed E-state index contributed by atoms with van der Waals surface area (Å²) < 4.78 is 0. The fourth-order valence-electron chi connectivity index (χ4n) is 1.41. The lowest BCUT2D eigenvalue weighted by molar-refractivity contribution is -0.119. The molecule has 0 atom stereocenters. The van der Waals surface area contributed by atoms with Crippen LogP contribution in [0.5, 0.6) is 0 Å². The maximum atomic E-state index is 11.5. The second-order valence-electron chi connectivity index (χ2n) is 3.83. The smallest absolute Gasteiger partial charge is 0.245 e. The third-order valence-electron chi connectivity index (χ3n) is 2.34. The molecule has 1 aromatic heterocycles. The van der Waals surface area contributed by atoms with Crippen molar-refractivity contribution >= 4 is 35.1 Å². The van der Waals surface area contributed by atoms with E-state index in [1.807, 2.05) is 18.4 Å². The molecule has 18 heavy (non-hydrogen) atoms. The first-order chi connectivity index (χ1) is 8.65.